The van der Waals surface area contributed by atoms with Crippen molar-refractivity contribution in [1.82, 2.24) is 10.3 Å². The molecular formula is C11H15N3OS. The Hall–Kier alpha value is -1.10. The lowest BCUT2D eigenvalue weighted by Crippen LogP contribution is -2.45. The van der Waals surface area contributed by atoms with Gasteiger partial charge in [0, 0.05) is 24.2 Å². The van der Waals surface area contributed by atoms with Gasteiger partial charge in [-0.15, -0.1) is 11.3 Å². The van der Waals surface area contributed by atoms with Crippen molar-refractivity contribution < 1.29 is 4.79 Å². The summed E-state index contributed by atoms with van der Waals surface area (Å²) in [6.07, 6.45) is 4.03. The van der Waals surface area contributed by atoms with Crippen molar-refractivity contribution in [1.29, 1.82) is 0 Å². The molecule has 86 valence electrons. The van der Waals surface area contributed by atoms with E-state index in [1.54, 1.807) is 11.3 Å². The van der Waals surface area contributed by atoms with Crippen LogP contribution >= 0.6 is 11.3 Å². The van der Waals surface area contributed by atoms with Gasteiger partial charge in [-0.05, 0) is 19.8 Å². The normalized spacial score (nSPS) is 29.1. The molecule has 0 radical (unpaired) electrons. The van der Waals surface area contributed by atoms with Crippen LogP contribution in [0.1, 0.15) is 17.7 Å². The van der Waals surface area contributed by atoms with Crippen LogP contribution in [0.4, 0.5) is 5.13 Å². The number of nitrogens with zero attached hydrogens (tertiary/aromatic N) is 2. The number of amides is 1. The number of carbonyl (C=O) groups is 1. The van der Waals surface area contributed by atoms with Gasteiger partial charge in [-0.3, -0.25) is 4.79 Å². The summed E-state index contributed by atoms with van der Waals surface area (Å²) in [5.74, 6) is 0.404. The number of aromatic nitrogens is 1. The molecular weight excluding hydrogens is 222 g/mol. The SMILES string of the molecule is Cc1cnc(N2CCC[C@H]3C(=O)NC[C@H]32)s1. The van der Waals surface area contributed by atoms with Gasteiger partial charge in [0.2, 0.25) is 5.91 Å². The zero-order chi connectivity index (χ0) is 11.1. The number of aryl methyl sites for hydroxylation is 1. The van der Waals surface area contributed by atoms with Crippen LogP contribution in [0.2, 0.25) is 0 Å². The van der Waals surface area contributed by atoms with Gasteiger partial charge in [-0.25, -0.2) is 4.98 Å². The third-order valence-electron chi connectivity index (χ3n) is 3.46. The first kappa shape index (κ1) is 10.1. The van der Waals surface area contributed by atoms with Crippen LogP contribution in [-0.4, -0.2) is 30.0 Å². The van der Waals surface area contributed by atoms with E-state index >= 15 is 0 Å². The molecule has 0 saturated carbocycles. The molecule has 1 aromatic rings. The molecule has 3 heterocycles. The number of nitrogens with one attached hydrogen (secondary N) is 1. The van der Waals surface area contributed by atoms with Crippen LogP contribution in [0.25, 0.3) is 0 Å². The smallest absolute Gasteiger partial charge is 0.225 e. The Balaban J connectivity index is 1.87. The van der Waals surface area contributed by atoms with Crippen LogP contribution < -0.4 is 10.2 Å². The Bertz CT molecular complexity index is 417. The Kier molecular flexibility index (Phi) is 2.35. The highest BCUT2D eigenvalue weighted by molar-refractivity contribution is 7.15. The Morgan fingerprint density at radius 1 is 1.62 bits per heavy atom. The fraction of sp³-hybridized carbons (Fsp3) is 0.636. The second-order valence-electron chi connectivity index (χ2n) is 4.51. The van der Waals surface area contributed by atoms with Crippen LogP contribution in [0, 0.1) is 12.8 Å². The van der Waals surface area contributed by atoms with Crippen LogP contribution in [0.3, 0.4) is 0 Å². The van der Waals surface area contributed by atoms with Crippen molar-refractivity contribution in [2.45, 2.75) is 25.8 Å². The van der Waals surface area contributed by atoms with Crippen molar-refractivity contribution in [3.8, 4) is 0 Å². The Morgan fingerprint density at radius 3 is 3.25 bits per heavy atom. The Labute approximate surface area is 98.7 Å². The maximum absolute atomic E-state index is 11.6. The highest BCUT2D eigenvalue weighted by atomic mass is 32.1. The fourth-order valence-corrected chi connectivity index (χ4v) is 3.51. The minimum absolute atomic E-state index is 0.179. The van der Waals surface area contributed by atoms with E-state index in [0.29, 0.717) is 6.04 Å². The third-order valence-corrected chi connectivity index (χ3v) is 4.41. The predicted molar refractivity (Wildman–Crippen MR) is 63.7 cm³/mol. The van der Waals surface area contributed by atoms with Gasteiger partial charge < -0.3 is 10.2 Å². The number of hydrogen-bond donors (Lipinski definition) is 1. The molecule has 0 spiro atoms. The highest BCUT2D eigenvalue weighted by Gasteiger charge is 2.41. The average molecular weight is 237 g/mol. The summed E-state index contributed by atoms with van der Waals surface area (Å²) in [6.45, 7) is 3.88. The van der Waals surface area contributed by atoms with Crippen molar-refractivity contribution in [2.75, 3.05) is 18.0 Å². The van der Waals surface area contributed by atoms with Crippen molar-refractivity contribution in [2.24, 2.45) is 5.92 Å². The number of rotatable bonds is 1. The summed E-state index contributed by atoms with van der Waals surface area (Å²) >= 11 is 1.72. The zero-order valence-electron chi connectivity index (χ0n) is 9.27. The predicted octanol–water partition coefficient (Wildman–Crippen LogP) is 1.17. The van der Waals surface area contributed by atoms with E-state index in [0.717, 1.165) is 31.1 Å². The van der Waals surface area contributed by atoms with Gasteiger partial charge in [0.25, 0.3) is 0 Å². The first-order valence-corrected chi connectivity index (χ1v) is 6.54. The summed E-state index contributed by atoms with van der Waals surface area (Å²) in [5.41, 5.74) is 0. The molecule has 4 nitrogen and oxygen atoms in total. The van der Waals surface area contributed by atoms with Gasteiger partial charge in [0.05, 0.1) is 12.0 Å². The maximum atomic E-state index is 11.6. The van der Waals surface area contributed by atoms with E-state index in [-0.39, 0.29) is 11.8 Å². The van der Waals surface area contributed by atoms with E-state index < -0.39 is 0 Å². The number of carbonyl (C=O) groups excluding carboxylic acids is 1. The standard InChI is InChI=1S/C11H15N3OS/c1-7-5-13-11(16-7)14-4-2-3-8-9(14)6-12-10(8)15/h5,8-9H,2-4,6H2,1H3,(H,12,15)/t8-,9-/m1/s1. The lowest BCUT2D eigenvalue weighted by molar-refractivity contribution is -0.122. The minimum Gasteiger partial charge on any atom is -0.354 e. The van der Waals surface area contributed by atoms with E-state index in [4.69, 9.17) is 0 Å². The second kappa shape index (κ2) is 3.73. The molecule has 1 aromatic heterocycles. The first-order valence-electron chi connectivity index (χ1n) is 5.72. The van der Waals surface area contributed by atoms with E-state index in [1.165, 1.54) is 4.88 Å². The van der Waals surface area contributed by atoms with Gasteiger partial charge in [0.1, 0.15) is 0 Å². The molecule has 2 fully saturated rings. The lowest BCUT2D eigenvalue weighted by atomic mass is 9.92. The molecule has 0 bridgehead atoms. The molecule has 1 amide bonds. The lowest BCUT2D eigenvalue weighted by Gasteiger charge is -2.35. The van der Waals surface area contributed by atoms with Crippen LogP contribution in [-0.2, 0) is 4.79 Å². The number of hydrogen-bond acceptors (Lipinski definition) is 4. The van der Waals surface area contributed by atoms with Gasteiger partial charge in [-0.2, -0.15) is 0 Å². The molecule has 0 unspecified atom stereocenters. The molecule has 2 aliphatic rings. The topological polar surface area (TPSA) is 45.2 Å². The number of fused-ring (bicyclic) bond motifs is 1. The molecule has 0 aromatic carbocycles. The third kappa shape index (κ3) is 1.50. The van der Waals surface area contributed by atoms with E-state index in [9.17, 15) is 4.79 Å². The monoisotopic (exact) mass is 237 g/mol. The van der Waals surface area contributed by atoms with Crippen LogP contribution in [0.5, 0.6) is 0 Å². The summed E-state index contributed by atoms with van der Waals surface area (Å²) in [5, 5.41) is 4.04. The minimum atomic E-state index is 0.179. The van der Waals surface area contributed by atoms with Crippen LogP contribution in [0.15, 0.2) is 6.20 Å². The molecule has 16 heavy (non-hydrogen) atoms. The highest BCUT2D eigenvalue weighted by Crippen LogP contribution is 2.33. The number of piperidine rings is 1. The van der Waals surface area contributed by atoms with Crippen molar-refractivity contribution >= 4 is 22.4 Å². The number of thiazole rings is 1. The van der Waals surface area contributed by atoms with Crippen molar-refractivity contribution in [3.05, 3.63) is 11.1 Å². The maximum Gasteiger partial charge on any atom is 0.225 e. The number of anilines is 1. The quantitative estimate of drug-likeness (QED) is 0.797. The molecule has 0 aliphatic carbocycles. The van der Waals surface area contributed by atoms with Gasteiger partial charge >= 0.3 is 0 Å². The molecule has 1 N–H and O–H groups in total. The summed E-state index contributed by atoms with van der Waals surface area (Å²) in [6, 6.07) is 0.326. The fourth-order valence-electron chi connectivity index (χ4n) is 2.66. The van der Waals surface area contributed by atoms with Gasteiger partial charge in [-0.1, -0.05) is 0 Å². The average Bonchev–Trinajstić information content (AvgIpc) is 2.86. The molecule has 2 aliphatic heterocycles. The molecule has 3 rings (SSSR count). The van der Waals surface area contributed by atoms with Gasteiger partial charge in [0.15, 0.2) is 5.13 Å². The molecule has 5 heteroatoms. The molecule has 2 atom stereocenters. The van der Waals surface area contributed by atoms with E-state index in [2.05, 4.69) is 22.1 Å². The summed E-state index contributed by atoms with van der Waals surface area (Å²) < 4.78 is 0. The van der Waals surface area contributed by atoms with Crippen molar-refractivity contribution in [3.63, 3.8) is 0 Å². The zero-order valence-corrected chi connectivity index (χ0v) is 10.1. The summed E-state index contributed by atoms with van der Waals surface area (Å²) in [7, 11) is 0. The molecule has 2 saturated heterocycles. The largest absolute Gasteiger partial charge is 0.354 e. The Morgan fingerprint density at radius 2 is 2.50 bits per heavy atom. The summed E-state index contributed by atoms with van der Waals surface area (Å²) in [4.78, 5) is 19.6. The first-order chi connectivity index (χ1) is 7.75. The van der Waals surface area contributed by atoms with E-state index in [1.807, 2.05) is 6.20 Å². The second-order valence-corrected chi connectivity index (χ2v) is 5.72.